The molecule has 8 heteroatoms. The lowest BCUT2D eigenvalue weighted by molar-refractivity contribution is -0.132. The number of fused-ring (bicyclic) bond motifs is 1. The fourth-order valence-electron chi connectivity index (χ4n) is 4.10. The summed E-state index contributed by atoms with van der Waals surface area (Å²) in [5.74, 6) is 0.172. The van der Waals surface area contributed by atoms with Crippen LogP contribution in [-0.2, 0) is 34.2 Å². The second kappa shape index (κ2) is 10.6. The maximum Gasteiger partial charge on any atom is 0.243 e. The van der Waals surface area contributed by atoms with E-state index in [0.717, 1.165) is 17.5 Å². The van der Waals surface area contributed by atoms with Crippen molar-refractivity contribution in [3.8, 4) is 5.75 Å². The summed E-state index contributed by atoms with van der Waals surface area (Å²) < 4.78 is 33.6. The minimum Gasteiger partial charge on any atom is -0.495 e. The maximum atomic E-state index is 13.6. The SMILES string of the molecule is COc1ccc(S(=O)(=O)N(CCc2ccccc2)CC(=O)N2CCc3ccccc3C2)cc1Cl. The molecule has 3 aromatic rings. The number of benzene rings is 3. The number of halogens is 1. The average Bonchev–Trinajstić information content (AvgIpc) is 2.86. The molecule has 0 aliphatic carbocycles. The van der Waals surface area contributed by atoms with Crippen LogP contribution in [0.15, 0.2) is 77.7 Å². The molecular weight excluding hydrogens is 472 g/mol. The average molecular weight is 499 g/mol. The van der Waals surface area contributed by atoms with Crippen molar-refractivity contribution in [1.82, 2.24) is 9.21 Å². The number of sulfonamides is 1. The lowest BCUT2D eigenvalue weighted by atomic mass is 10.00. The van der Waals surface area contributed by atoms with Crippen molar-refractivity contribution in [1.29, 1.82) is 0 Å². The number of carbonyl (C=O) groups excluding carboxylic acids is 1. The molecule has 0 fully saturated rings. The summed E-state index contributed by atoms with van der Waals surface area (Å²) in [6, 6.07) is 22.0. The van der Waals surface area contributed by atoms with Crippen LogP contribution in [0.5, 0.6) is 5.75 Å². The monoisotopic (exact) mass is 498 g/mol. The van der Waals surface area contributed by atoms with E-state index in [-0.39, 0.29) is 28.9 Å². The summed E-state index contributed by atoms with van der Waals surface area (Å²) in [7, 11) is -2.50. The summed E-state index contributed by atoms with van der Waals surface area (Å²) in [5.41, 5.74) is 3.32. The third-order valence-corrected chi connectivity index (χ3v) is 8.19. The molecule has 1 aliphatic rings. The number of nitrogens with zero attached hydrogens (tertiary/aromatic N) is 2. The fourth-order valence-corrected chi connectivity index (χ4v) is 5.84. The van der Waals surface area contributed by atoms with E-state index in [0.29, 0.717) is 25.3 Å². The van der Waals surface area contributed by atoms with Crippen LogP contribution in [-0.4, -0.2) is 50.3 Å². The number of rotatable bonds is 8. The standard InChI is InChI=1S/C26H27ClN2O4S/c1-33-25-12-11-23(17-24(25)27)34(31,32)29(16-13-20-7-3-2-4-8-20)19-26(30)28-15-14-21-9-5-6-10-22(21)18-28/h2-12,17H,13-16,18-19H2,1H3. The smallest absolute Gasteiger partial charge is 0.243 e. The Balaban J connectivity index is 1.57. The van der Waals surface area contributed by atoms with Crippen molar-refractivity contribution in [3.63, 3.8) is 0 Å². The molecule has 34 heavy (non-hydrogen) atoms. The first-order valence-electron chi connectivity index (χ1n) is 11.1. The van der Waals surface area contributed by atoms with E-state index in [1.165, 1.54) is 35.2 Å². The summed E-state index contributed by atoms with van der Waals surface area (Å²) in [6.07, 6.45) is 1.24. The van der Waals surface area contributed by atoms with E-state index in [1.807, 2.05) is 48.5 Å². The van der Waals surface area contributed by atoms with Crippen LogP contribution in [0.1, 0.15) is 16.7 Å². The molecule has 3 aromatic carbocycles. The predicted octanol–water partition coefficient (Wildman–Crippen LogP) is 4.17. The van der Waals surface area contributed by atoms with E-state index in [9.17, 15) is 13.2 Å². The Morgan fingerprint density at radius 3 is 2.44 bits per heavy atom. The predicted molar refractivity (Wildman–Crippen MR) is 132 cm³/mol. The van der Waals surface area contributed by atoms with Gasteiger partial charge in [0.05, 0.1) is 23.6 Å². The second-order valence-corrected chi connectivity index (χ2v) is 10.5. The van der Waals surface area contributed by atoms with Crippen LogP contribution in [0, 0.1) is 0 Å². The number of carbonyl (C=O) groups is 1. The quantitative estimate of drug-likeness (QED) is 0.467. The molecule has 1 heterocycles. The highest BCUT2D eigenvalue weighted by molar-refractivity contribution is 7.89. The summed E-state index contributed by atoms with van der Waals surface area (Å²) in [6.45, 7) is 0.986. The largest absolute Gasteiger partial charge is 0.495 e. The van der Waals surface area contributed by atoms with Gasteiger partial charge in [0.15, 0.2) is 0 Å². The molecule has 0 aromatic heterocycles. The van der Waals surface area contributed by atoms with Gasteiger partial charge in [-0.15, -0.1) is 0 Å². The van der Waals surface area contributed by atoms with E-state index >= 15 is 0 Å². The van der Waals surface area contributed by atoms with Gasteiger partial charge in [-0.1, -0.05) is 66.2 Å². The van der Waals surface area contributed by atoms with Crippen molar-refractivity contribution in [2.24, 2.45) is 0 Å². The van der Waals surface area contributed by atoms with Crippen LogP contribution in [0.25, 0.3) is 0 Å². The molecule has 178 valence electrons. The van der Waals surface area contributed by atoms with Crippen molar-refractivity contribution in [2.75, 3.05) is 26.7 Å². The van der Waals surface area contributed by atoms with Crippen LogP contribution < -0.4 is 4.74 Å². The molecular formula is C26H27ClN2O4S. The zero-order valence-electron chi connectivity index (χ0n) is 19.0. The van der Waals surface area contributed by atoms with Crippen LogP contribution in [0.3, 0.4) is 0 Å². The molecule has 1 amide bonds. The van der Waals surface area contributed by atoms with Crippen molar-refractivity contribution >= 4 is 27.5 Å². The Kier molecular flexibility index (Phi) is 7.56. The molecule has 0 spiro atoms. The van der Waals surface area contributed by atoms with Gasteiger partial charge in [0.1, 0.15) is 5.75 Å². The summed E-state index contributed by atoms with van der Waals surface area (Å²) >= 11 is 6.21. The zero-order valence-corrected chi connectivity index (χ0v) is 20.6. The molecule has 6 nitrogen and oxygen atoms in total. The number of methoxy groups -OCH3 is 1. The van der Waals surface area contributed by atoms with E-state index in [1.54, 1.807) is 4.90 Å². The number of amides is 1. The molecule has 0 saturated heterocycles. The Labute approximate surface area is 205 Å². The Morgan fingerprint density at radius 1 is 1.03 bits per heavy atom. The minimum atomic E-state index is -3.97. The highest BCUT2D eigenvalue weighted by atomic mass is 35.5. The molecule has 0 atom stereocenters. The van der Waals surface area contributed by atoms with Gasteiger partial charge in [0.2, 0.25) is 15.9 Å². The Hall–Kier alpha value is -2.87. The number of hydrogen-bond acceptors (Lipinski definition) is 4. The minimum absolute atomic E-state index is 0.0307. The summed E-state index contributed by atoms with van der Waals surface area (Å²) in [5, 5.41) is 0.200. The van der Waals surface area contributed by atoms with Crippen molar-refractivity contribution in [2.45, 2.75) is 24.3 Å². The normalized spacial score (nSPS) is 13.6. The van der Waals surface area contributed by atoms with Gasteiger partial charge in [-0.25, -0.2) is 8.42 Å². The van der Waals surface area contributed by atoms with Crippen molar-refractivity contribution < 1.29 is 17.9 Å². The van der Waals surface area contributed by atoms with Gasteiger partial charge in [0.25, 0.3) is 0 Å². The maximum absolute atomic E-state index is 13.6. The van der Waals surface area contributed by atoms with Crippen LogP contribution in [0.2, 0.25) is 5.02 Å². The molecule has 4 rings (SSSR count). The van der Waals surface area contributed by atoms with E-state index < -0.39 is 10.0 Å². The zero-order chi connectivity index (χ0) is 24.1. The molecule has 0 N–H and O–H groups in total. The lowest BCUT2D eigenvalue weighted by Gasteiger charge is -2.31. The highest BCUT2D eigenvalue weighted by Crippen LogP contribution is 2.29. The van der Waals surface area contributed by atoms with Crippen LogP contribution >= 0.6 is 11.6 Å². The third-order valence-electron chi connectivity index (χ3n) is 6.05. The van der Waals surface area contributed by atoms with Gasteiger partial charge in [0, 0.05) is 19.6 Å². The van der Waals surface area contributed by atoms with Crippen LogP contribution in [0.4, 0.5) is 0 Å². The van der Waals surface area contributed by atoms with Gasteiger partial charge >= 0.3 is 0 Å². The first-order valence-corrected chi connectivity index (χ1v) is 12.9. The highest BCUT2D eigenvalue weighted by Gasteiger charge is 2.30. The molecule has 1 aliphatic heterocycles. The van der Waals surface area contributed by atoms with Crippen molar-refractivity contribution in [3.05, 3.63) is 94.5 Å². The number of hydrogen-bond donors (Lipinski definition) is 0. The number of ether oxygens (including phenoxy) is 1. The Morgan fingerprint density at radius 2 is 1.74 bits per heavy atom. The molecule has 0 radical (unpaired) electrons. The first kappa shape index (κ1) is 24.3. The molecule has 0 bridgehead atoms. The van der Waals surface area contributed by atoms with Gasteiger partial charge in [-0.05, 0) is 47.7 Å². The first-order chi connectivity index (χ1) is 16.4. The van der Waals surface area contributed by atoms with Gasteiger partial charge in [-0.3, -0.25) is 4.79 Å². The topological polar surface area (TPSA) is 66.9 Å². The fraction of sp³-hybridized carbons (Fsp3) is 0.269. The summed E-state index contributed by atoms with van der Waals surface area (Å²) in [4.78, 5) is 15.0. The van der Waals surface area contributed by atoms with E-state index in [2.05, 4.69) is 6.07 Å². The van der Waals surface area contributed by atoms with Gasteiger partial charge < -0.3 is 9.64 Å². The lowest BCUT2D eigenvalue weighted by Crippen LogP contribution is -2.45. The van der Waals surface area contributed by atoms with Gasteiger partial charge in [-0.2, -0.15) is 4.31 Å². The van der Waals surface area contributed by atoms with E-state index in [4.69, 9.17) is 16.3 Å². The molecule has 0 unspecified atom stereocenters. The molecule has 0 saturated carbocycles. The second-order valence-electron chi connectivity index (χ2n) is 8.20. The Bertz CT molecular complexity index is 1260. The third kappa shape index (κ3) is 5.43.